The van der Waals surface area contributed by atoms with Crippen LogP contribution >= 0.6 is 0 Å². The van der Waals surface area contributed by atoms with Crippen LogP contribution < -0.4 is 0 Å². The van der Waals surface area contributed by atoms with E-state index in [1.165, 1.54) is 5.56 Å². The van der Waals surface area contributed by atoms with Gasteiger partial charge in [0.05, 0.1) is 0 Å². The molecule has 0 saturated carbocycles. The normalized spacial score (nSPS) is 9.12. The van der Waals surface area contributed by atoms with Crippen molar-refractivity contribution in [3.05, 3.63) is 29.8 Å². The van der Waals surface area contributed by atoms with Gasteiger partial charge in [0.1, 0.15) is 0 Å². The standard InChI is InChI=1S/C7H8S/c1-6-3-2-4-7(8)5-6/h2-5,8H,1H3/p-1. The summed E-state index contributed by atoms with van der Waals surface area (Å²) in [5.41, 5.74) is 1.23. The second-order valence-electron chi connectivity index (χ2n) is 1.82. The van der Waals surface area contributed by atoms with Crippen molar-refractivity contribution < 1.29 is 0 Å². The lowest BCUT2D eigenvalue weighted by atomic mass is 10.2. The Labute approximate surface area is 55.0 Å². The van der Waals surface area contributed by atoms with Gasteiger partial charge in [0.2, 0.25) is 0 Å². The van der Waals surface area contributed by atoms with Gasteiger partial charge in [-0.15, -0.1) is 0 Å². The molecule has 1 aromatic rings. The Morgan fingerprint density at radius 3 is 2.50 bits per heavy atom. The predicted octanol–water partition coefficient (Wildman–Crippen LogP) is 1.90. The summed E-state index contributed by atoms with van der Waals surface area (Å²) in [7, 11) is 0. The summed E-state index contributed by atoms with van der Waals surface area (Å²) < 4.78 is 0. The first-order chi connectivity index (χ1) is 3.79. The molecule has 0 N–H and O–H groups in total. The number of hydrogen-bond donors (Lipinski definition) is 0. The van der Waals surface area contributed by atoms with E-state index in [0.717, 1.165) is 4.90 Å². The Hall–Kier alpha value is -0.560. The average Bonchev–Trinajstić information content (AvgIpc) is 1.64. The first kappa shape index (κ1) is 5.57. The predicted molar refractivity (Wildman–Crippen MR) is 36.8 cm³/mol. The molecule has 0 saturated heterocycles. The van der Waals surface area contributed by atoms with E-state index >= 15 is 0 Å². The van der Waals surface area contributed by atoms with Gasteiger partial charge in [-0.25, -0.2) is 0 Å². The third-order valence-corrected chi connectivity index (χ3v) is 1.24. The largest absolute Gasteiger partial charge is 0.780 e. The molecule has 0 amide bonds. The maximum atomic E-state index is 4.90. The van der Waals surface area contributed by atoms with Crippen molar-refractivity contribution in [1.29, 1.82) is 0 Å². The van der Waals surface area contributed by atoms with E-state index < -0.39 is 0 Å². The van der Waals surface area contributed by atoms with Gasteiger partial charge >= 0.3 is 0 Å². The molecule has 0 atom stereocenters. The molecule has 0 aliphatic rings. The van der Waals surface area contributed by atoms with Crippen LogP contribution in [-0.2, 0) is 12.6 Å². The molecule has 0 heterocycles. The summed E-state index contributed by atoms with van der Waals surface area (Å²) >= 11 is 4.90. The van der Waals surface area contributed by atoms with Crippen LogP contribution in [0.2, 0.25) is 0 Å². The first-order valence-corrected chi connectivity index (χ1v) is 2.93. The van der Waals surface area contributed by atoms with Crippen molar-refractivity contribution in [2.24, 2.45) is 0 Å². The average molecular weight is 123 g/mol. The highest BCUT2D eigenvalue weighted by Gasteiger charge is 1.75. The lowest BCUT2D eigenvalue weighted by Gasteiger charge is -2.02. The van der Waals surface area contributed by atoms with Crippen molar-refractivity contribution in [2.75, 3.05) is 0 Å². The fourth-order valence-electron chi connectivity index (χ4n) is 0.615. The quantitative estimate of drug-likeness (QED) is 0.475. The molecular formula is C7H7S-. The summed E-state index contributed by atoms with van der Waals surface area (Å²) in [6.07, 6.45) is 0. The lowest BCUT2D eigenvalue weighted by Crippen LogP contribution is -1.70. The fourth-order valence-corrected chi connectivity index (χ4v) is 0.880. The summed E-state index contributed by atoms with van der Waals surface area (Å²) in [4.78, 5) is 0.921. The van der Waals surface area contributed by atoms with E-state index in [1.807, 2.05) is 31.2 Å². The van der Waals surface area contributed by atoms with Crippen molar-refractivity contribution in [1.82, 2.24) is 0 Å². The fraction of sp³-hybridized carbons (Fsp3) is 0.143. The molecule has 1 rings (SSSR count). The lowest BCUT2D eigenvalue weighted by molar-refractivity contribution is 1.37. The SMILES string of the molecule is Cc1cccc([S-])c1. The Morgan fingerprint density at radius 1 is 1.38 bits per heavy atom. The Morgan fingerprint density at radius 2 is 2.12 bits per heavy atom. The van der Waals surface area contributed by atoms with Crippen molar-refractivity contribution >= 4 is 12.6 Å². The molecule has 1 aromatic carbocycles. The minimum atomic E-state index is 0.921. The Balaban J connectivity index is 3.08. The van der Waals surface area contributed by atoms with Gasteiger partial charge in [0.25, 0.3) is 0 Å². The van der Waals surface area contributed by atoms with Crippen LogP contribution in [0.4, 0.5) is 0 Å². The molecule has 0 radical (unpaired) electrons. The second kappa shape index (κ2) is 2.14. The van der Waals surface area contributed by atoms with Gasteiger partial charge in [0, 0.05) is 0 Å². The summed E-state index contributed by atoms with van der Waals surface area (Å²) in [5.74, 6) is 0. The zero-order valence-electron chi connectivity index (χ0n) is 4.72. The van der Waals surface area contributed by atoms with Gasteiger partial charge in [-0.3, -0.25) is 0 Å². The van der Waals surface area contributed by atoms with Crippen LogP contribution in [0.3, 0.4) is 0 Å². The van der Waals surface area contributed by atoms with Crippen molar-refractivity contribution in [3.8, 4) is 0 Å². The van der Waals surface area contributed by atoms with E-state index in [1.54, 1.807) is 0 Å². The van der Waals surface area contributed by atoms with Gasteiger partial charge < -0.3 is 12.6 Å². The van der Waals surface area contributed by atoms with Gasteiger partial charge in [-0.2, -0.15) is 4.90 Å². The monoisotopic (exact) mass is 123 g/mol. The molecule has 0 aliphatic heterocycles. The zero-order chi connectivity index (χ0) is 5.98. The maximum absolute atomic E-state index is 4.90. The number of hydrogen-bond acceptors (Lipinski definition) is 1. The number of aryl methyl sites for hydroxylation is 1. The highest BCUT2D eigenvalue weighted by atomic mass is 32.1. The molecule has 0 unspecified atom stereocenters. The minimum absolute atomic E-state index is 0.921. The van der Waals surface area contributed by atoms with Gasteiger partial charge in [0.15, 0.2) is 0 Å². The molecule has 0 aromatic heterocycles. The third kappa shape index (κ3) is 1.20. The van der Waals surface area contributed by atoms with Crippen molar-refractivity contribution in [2.45, 2.75) is 11.8 Å². The van der Waals surface area contributed by atoms with E-state index in [-0.39, 0.29) is 0 Å². The van der Waals surface area contributed by atoms with Crippen molar-refractivity contribution in [3.63, 3.8) is 0 Å². The second-order valence-corrected chi connectivity index (χ2v) is 2.29. The maximum Gasteiger partial charge on any atom is -0.0398 e. The zero-order valence-corrected chi connectivity index (χ0v) is 5.53. The summed E-state index contributed by atoms with van der Waals surface area (Å²) in [6.45, 7) is 2.04. The molecule has 0 fully saturated rings. The molecular weight excluding hydrogens is 116 g/mol. The highest BCUT2D eigenvalue weighted by Crippen LogP contribution is 2.00. The minimum Gasteiger partial charge on any atom is -0.780 e. The molecule has 8 heavy (non-hydrogen) atoms. The summed E-state index contributed by atoms with van der Waals surface area (Å²) in [5, 5.41) is 0. The molecule has 1 heteroatoms. The van der Waals surface area contributed by atoms with E-state index in [4.69, 9.17) is 12.6 Å². The Kier molecular flexibility index (Phi) is 1.49. The smallest absolute Gasteiger partial charge is 0.0398 e. The van der Waals surface area contributed by atoms with Gasteiger partial charge in [-0.1, -0.05) is 29.8 Å². The van der Waals surface area contributed by atoms with Crippen LogP contribution in [0.25, 0.3) is 0 Å². The van der Waals surface area contributed by atoms with E-state index in [0.29, 0.717) is 0 Å². The highest BCUT2D eigenvalue weighted by molar-refractivity contribution is 7.58. The molecule has 0 spiro atoms. The number of benzene rings is 1. The Bertz CT molecular complexity index is 164. The van der Waals surface area contributed by atoms with Crippen LogP contribution in [-0.4, -0.2) is 0 Å². The molecule has 0 nitrogen and oxygen atoms in total. The van der Waals surface area contributed by atoms with E-state index in [9.17, 15) is 0 Å². The van der Waals surface area contributed by atoms with E-state index in [2.05, 4.69) is 0 Å². The van der Waals surface area contributed by atoms with Gasteiger partial charge in [-0.05, 0) is 6.92 Å². The van der Waals surface area contributed by atoms with Crippen LogP contribution in [0.1, 0.15) is 5.56 Å². The third-order valence-electron chi connectivity index (χ3n) is 0.990. The topological polar surface area (TPSA) is 0 Å². The molecule has 0 bridgehead atoms. The summed E-state index contributed by atoms with van der Waals surface area (Å²) in [6, 6.07) is 7.91. The first-order valence-electron chi connectivity index (χ1n) is 2.53. The van der Waals surface area contributed by atoms with Crippen LogP contribution in [0.15, 0.2) is 29.2 Å². The van der Waals surface area contributed by atoms with Crippen LogP contribution in [0.5, 0.6) is 0 Å². The van der Waals surface area contributed by atoms with Crippen LogP contribution in [0, 0.1) is 6.92 Å². The molecule has 42 valence electrons. The molecule has 0 aliphatic carbocycles. The number of rotatable bonds is 0.